The molecular formula is C17H18N4O5S. The van der Waals surface area contributed by atoms with Crippen LogP contribution in [-0.4, -0.2) is 44.4 Å². The number of rotatable bonds is 8. The number of benzene rings is 1. The number of aromatic nitrogens is 3. The van der Waals surface area contributed by atoms with Gasteiger partial charge in [0, 0.05) is 31.4 Å². The third kappa shape index (κ3) is 4.41. The SMILES string of the molecule is COc1ccc(OC)c(S(=O)(=O)NCCc2nnc(-c3cccnc3)o2)c1. The van der Waals surface area contributed by atoms with Gasteiger partial charge in [0.25, 0.3) is 0 Å². The first kappa shape index (κ1) is 18.8. The Morgan fingerprint density at radius 2 is 2.00 bits per heavy atom. The highest BCUT2D eigenvalue weighted by molar-refractivity contribution is 7.89. The molecule has 0 spiro atoms. The molecule has 142 valence electrons. The van der Waals surface area contributed by atoms with E-state index < -0.39 is 10.0 Å². The lowest BCUT2D eigenvalue weighted by molar-refractivity contribution is 0.392. The van der Waals surface area contributed by atoms with E-state index in [0.717, 1.165) is 0 Å². The van der Waals surface area contributed by atoms with Crippen molar-refractivity contribution in [2.45, 2.75) is 11.3 Å². The molecule has 0 aliphatic rings. The van der Waals surface area contributed by atoms with Crippen LogP contribution >= 0.6 is 0 Å². The predicted molar refractivity (Wildman–Crippen MR) is 96.0 cm³/mol. The number of hydrogen-bond donors (Lipinski definition) is 1. The monoisotopic (exact) mass is 390 g/mol. The van der Waals surface area contributed by atoms with E-state index in [0.29, 0.717) is 23.1 Å². The summed E-state index contributed by atoms with van der Waals surface area (Å²) < 4.78 is 43.4. The molecule has 0 amide bonds. The second-order valence-corrected chi connectivity index (χ2v) is 7.14. The van der Waals surface area contributed by atoms with Crippen LogP contribution in [0.4, 0.5) is 0 Å². The van der Waals surface area contributed by atoms with Crippen molar-refractivity contribution < 1.29 is 22.3 Å². The Labute approximate surface area is 156 Å². The van der Waals surface area contributed by atoms with Gasteiger partial charge in [0.2, 0.25) is 21.8 Å². The highest BCUT2D eigenvalue weighted by Gasteiger charge is 2.20. The van der Waals surface area contributed by atoms with E-state index in [9.17, 15) is 8.42 Å². The van der Waals surface area contributed by atoms with Gasteiger partial charge in [-0.15, -0.1) is 10.2 Å². The Morgan fingerprint density at radius 3 is 2.70 bits per heavy atom. The van der Waals surface area contributed by atoms with Gasteiger partial charge in [0.1, 0.15) is 16.4 Å². The highest BCUT2D eigenvalue weighted by Crippen LogP contribution is 2.28. The molecule has 2 heterocycles. The average molecular weight is 390 g/mol. The molecule has 9 nitrogen and oxygen atoms in total. The molecule has 0 fully saturated rings. The summed E-state index contributed by atoms with van der Waals surface area (Å²) in [5.41, 5.74) is 0.693. The van der Waals surface area contributed by atoms with Gasteiger partial charge in [0.15, 0.2) is 0 Å². The molecule has 3 rings (SSSR count). The molecule has 0 saturated carbocycles. The minimum Gasteiger partial charge on any atom is -0.497 e. The van der Waals surface area contributed by atoms with Crippen LogP contribution in [0.25, 0.3) is 11.5 Å². The lowest BCUT2D eigenvalue weighted by Gasteiger charge is -2.11. The Hall–Kier alpha value is -2.98. The molecule has 0 aliphatic carbocycles. The summed E-state index contributed by atoms with van der Waals surface area (Å²) >= 11 is 0. The smallest absolute Gasteiger partial charge is 0.249 e. The number of ether oxygens (including phenoxy) is 2. The third-order valence-electron chi connectivity index (χ3n) is 3.67. The van der Waals surface area contributed by atoms with Crippen molar-refractivity contribution in [3.63, 3.8) is 0 Å². The summed E-state index contributed by atoms with van der Waals surface area (Å²) in [5, 5.41) is 7.86. The van der Waals surface area contributed by atoms with E-state index in [4.69, 9.17) is 13.9 Å². The van der Waals surface area contributed by atoms with Gasteiger partial charge in [0.05, 0.1) is 19.8 Å². The van der Waals surface area contributed by atoms with Gasteiger partial charge >= 0.3 is 0 Å². The van der Waals surface area contributed by atoms with Gasteiger partial charge in [-0.3, -0.25) is 4.98 Å². The molecule has 27 heavy (non-hydrogen) atoms. The number of methoxy groups -OCH3 is 2. The van der Waals surface area contributed by atoms with Gasteiger partial charge in [-0.05, 0) is 24.3 Å². The molecule has 0 unspecified atom stereocenters. The van der Waals surface area contributed by atoms with Crippen LogP contribution in [0.5, 0.6) is 11.5 Å². The zero-order valence-electron chi connectivity index (χ0n) is 14.7. The second kappa shape index (κ2) is 8.14. The van der Waals surface area contributed by atoms with Crippen molar-refractivity contribution in [1.29, 1.82) is 0 Å². The van der Waals surface area contributed by atoms with Crippen LogP contribution in [0.1, 0.15) is 5.89 Å². The van der Waals surface area contributed by atoms with Crippen molar-refractivity contribution in [3.8, 4) is 23.0 Å². The number of sulfonamides is 1. The summed E-state index contributed by atoms with van der Waals surface area (Å²) in [6.07, 6.45) is 3.48. The lowest BCUT2D eigenvalue weighted by Crippen LogP contribution is -2.26. The van der Waals surface area contributed by atoms with E-state index in [-0.39, 0.29) is 23.6 Å². The summed E-state index contributed by atoms with van der Waals surface area (Å²) in [6.45, 7) is 0.0807. The van der Waals surface area contributed by atoms with E-state index in [1.807, 2.05) is 0 Å². The molecule has 0 bridgehead atoms. The zero-order chi connectivity index (χ0) is 19.3. The minimum atomic E-state index is -3.81. The van der Waals surface area contributed by atoms with Crippen LogP contribution in [0, 0.1) is 0 Å². The fraction of sp³-hybridized carbons (Fsp3) is 0.235. The van der Waals surface area contributed by atoms with E-state index >= 15 is 0 Å². The number of nitrogens with one attached hydrogen (secondary N) is 1. The van der Waals surface area contributed by atoms with Crippen molar-refractivity contribution >= 4 is 10.0 Å². The van der Waals surface area contributed by atoms with Crippen molar-refractivity contribution in [2.75, 3.05) is 20.8 Å². The predicted octanol–water partition coefficient (Wildman–Crippen LogP) is 1.67. The van der Waals surface area contributed by atoms with Crippen molar-refractivity contribution in [1.82, 2.24) is 19.9 Å². The highest BCUT2D eigenvalue weighted by atomic mass is 32.2. The Morgan fingerprint density at radius 1 is 1.15 bits per heavy atom. The van der Waals surface area contributed by atoms with Crippen LogP contribution in [-0.2, 0) is 16.4 Å². The largest absolute Gasteiger partial charge is 0.497 e. The maximum Gasteiger partial charge on any atom is 0.249 e. The van der Waals surface area contributed by atoms with E-state index in [1.54, 1.807) is 30.6 Å². The van der Waals surface area contributed by atoms with Crippen LogP contribution < -0.4 is 14.2 Å². The van der Waals surface area contributed by atoms with Crippen LogP contribution in [0.2, 0.25) is 0 Å². The molecular weight excluding hydrogens is 372 g/mol. The zero-order valence-corrected chi connectivity index (χ0v) is 15.6. The first-order valence-electron chi connectivity index (χ1n) is 7.98. The van der Waals surface area contributed by atoms with Gasteiger partial charge < -0.3 is 13.9 Å². The summed E-state index contributed by atoms with van der Waals surface area (Å²) in [4.78, 5) is 3.98. The molecule has 0 atom stereocenters. The molecule has 3 aromatic rings. The lowest BCUT2D eigenvalue weighted by atomic mass is 10.3. The van der Waals surface area contributed by atoms with Gasteiger partial charge in [-0.25, -0.2) is 13.1 Å². The van der Waals surface area contributed by atoms with Crippen LogP contribution in [0.15, 0.2) is 52.0 Å². The van der Waals surface area contributed by atoms with Crippen molar-refractivity contribution in [3.05, 3.63) is 48.6 Å². The fourth-order valence-corrected chi connectivity index (χ4v) is 3.54. The Bertz CT molecular complexity index is 1010. The Kier molecular flexibility index (Phi) is 5.67. The first-order valence-corrected chi connectivity index (χ1v) is 9.46. The van der Waals surface area contributed by atoms with E-state index in [2.05, 4.69) is 19.9 Å². The second-order valence-electron chi connectivity index (χ2n) is 5.41. The Balaban J connectivity index is 1.67. The van der Waals surface area contributed by atoms with E-state index in [1.165, 1.54) is 26.4 Å². The molecule has 10 heteroatoms. The standard InChI is InChI=1S/C17H18N4O5S/c1-24-13-5-6-14(25-2)15(10-13)27(22,23)19-9-7-16-20-21-17(26-16)12-4-3-8-18-11-12/h3-6,8,10-11,19H,7,9H2,1-2H3. The minimum absolute atomic E-state index is 0.00840. The molecule has 2 aromatic heterocycles. The molecule has 1 N–H and O–H groups in total. The molecule has 0 radical (unpaired) electrons. The van der Waals surface area contributed by atoms with Gasteiger partial charge in [-0.1, -0.05) is 0 Å². The fourth-order valence-electron chi connectivity index (χ4n) is 2.32. The first-order chi connectivity index (χ1) is 13.0. The topological polar surface area (TPSA) is 116 Å². The number of pyridine rings is 1. The normalized spacial score (nSPS) is 11.3. The maximum atomic E-state index is 12.6. The number of hydrogen-bond acceptors (Lipinski definition) is 8. The third-order valence-corrected chi connectivity index (χ3v) is 5.15. The quantitative estimate of drug-likeness (QED) is 0.617. The van der Waals surface area contributed by atoms with Crippen LogP contribution in [0.3, 0.4) is 0 Å². The maximum absolute atomic E-state index is 12.6. The summed E-state index contributed by atoms with van der Waals surface area (Å²) in [5.74, 6) is 1.28. The summed E-state index contributed by atoms with van der Waals surface area (Å²) in [6, 6.07) is 8.10. The molecule has 0 saturated heterocycles. The molecule has 1 aromatic carbocycles. The molecule has 0 aliphatic heterocycles. The summed E-state index contributed by atoms with van der Waals surface area (Å²) in [7, 11) is -0.945. The number of nitrogens with zero attached hydrogens (tertiary/aromatic N) is 3. The average Bonchev–Trinajstić information content (AvgIpc) is 3.17. The van der Waals surface area contributed by atoms with Crippen molar-refractivity contribution in [2.24, 2.45) is 0 Å². The van der Waals surface area contributed by atoms with Gasteiger partial charge in [-0.2, -0.15) is 0 Å².